The van der Waals surface area contributed by atoms with Gasteiger partial charge in [0.2, 0.25) is 0 Å². The van der Waals surface area contributed by atoms with Gasteiger partial charge in [0.15, 0.2) is 5.82 Å². The van der Waals surface area contributed by atoms with E-state index in [1.165, 1.54) is 5.56 Å². The van der Waals surface area contributed by atoms with Crippen LogP contribution >= 0.6 is 0 Å². The molecule has 0 radical (unpaired) electrons. The maximum atomic E-state index is 4.64. The Balaban J connectivity index is 2.26. The summed E-state index contributed by atoms with van der Waals surface area (Å²) >= 11 is 0. The Labute approximate surface area is 115 Å². The first-order chi connectivity index (χ1) is 9.22. The average molecular weight is 255 g/mol. The van der Waals surface area contributed by atoms with Crippen LogP contribution in [0.25, 0.3) is 11.4 Å². The van der Waals surface area contributed by atoms with Gasteiger partial charge in [-0.3, -0.25) is 0 Å². The molecule has 2 rings (SSSR count). The molecule has 0 saturated carbocycles. The van der Waals surface area contributed by atoms with Gasteiger partial charge < -0.3 is 5.32 Å². The van der Waals surface area contributed by atoms with E-state index in [0.717, 1.165) is 42.3 Å². The van der Waals surface area contributed by atoms with E-state index in [1.54, 1.807) is 0 Å². The Morgan fingerprint density at radius 3 is 2.21 bits per heavy atom. The SMILES string of the molecule is CCNCCc1c(C)nc(-c2ccccc2)nc1C. The van der Waals surface area contributed by atoms with Crippen LogP contribution in [0, 0.1) is 13.8 Å². The zero-order chi connectivity index (χ0) is 13.7. The number of rotatable bonds is 5. The third-order valence-corrected chi connectivity index (χ3v) is 3.25. The van der Waals surface area contributed by atoms with Gasteiger partial charge >= 0.3 is 0 Å². The molecule has 19 heavy (non-hydrogen) atoms. The van der Waals surface area contributed by atoms with Crippen molar-refractivity contribution in [3.05, 3.63) is 47.3 Å². The second kappa shape index (κ2) is 6.43. The Morgan fingerprint density at radius 1 is 1.00 bits per heavy atom. The van der Waals surface area contributed by atoms with Crippen molar-refractivity contribution in [1.29, 1.82) is 0 Å². The lowest BCUT2D eigenvalue weighted by molar-refractivity contribution is 0.708. The molecule has 100 valence electrons. The third kappa shape index (κ3) is 3.38. The van der Waals surface area contributed by atoms with Gasteiger partial charge in [-0.2, -0.15) is 0 Å². The molecule has 0 aliphatic rings. The highest BCUT2D eigenvalue weighted by atomic mass is 14.9. The summed E-state index contributed by atoms with van der Waals surface area (Å²) in [6, 6.07) is 10.1. The van der Waals surface area contributed by atoms with Crippen molar-refractivity contribution in [2.75, 3.05) is 13.1 Å². The zero-order valence-corrected chi connectivity index (χ0v) is 11.9. The molecule has 0 fully saturated rings. The van der Waals surface area contributed by atoms with Crippen LogP contribution in [0.2, 0.25) is 0 Å². The van der Waals surface area contributed by atoms with Crippen LogP contribution in [-0.4, -0.2) is 23.1 Å². The second-order valence-electron chi connectivity index (χ2n) is 4.67. The van der Waals surface area contributed by atoms with Crippen LogP contribution in [0.5, 0.6) is 0 Å². The fraction of sp³-hybridized carbons (Fsp3) is 0.375. The molecule has 0 aliphatic carbocycles. The van der Waals surface area contributed by atoms with Gasteiger partial charge in [-0.15, -0.1) is 0 Å². The molecule has 1 aromatic heterocycles. The van der Waals surface area contributed by atoms with E-state index >= 15 is 0 Å². The summed E-state index contributed by atoms with van der Waals surface area (Å²) in [6.45, 7) is 8.24. The number of nitrogens with zero attached hydrogens (tertiary/aromatic N) is 2. The Bertz CT molecular complexity index is 512. The predicted molar refractivity (Wildman–Crippen MR) is 79.2 cm³/mol. The van der Waals surface area contributed by atoms with Crippen molar-refractivity contribution in [2.24, 2.45) is 0 Å². The molecule has 1 heterocycles. The smallest absolute Gasteiger partial charge is 0.159 e. The maximum Gasteiger partial charge on any atom is 0.159 e. The van der Waals surface area contributed by atoms with Gasteiger partial charge in [0.1, 0.15) is 0 Å². The van der Waals surface area contributed by atoms with E-state index in [2.05, 4.69) is 36.1 Å². The Hall–Kier alpha value is -1.74. The van der Waals surface area contributed by atoms with Gasteiger partial charge in [-0.25, -0.2) is 9.97 Å². The summed E-state index contributed by atoms with van der Waals surface area (Å²) in [6.07, 6.45) is 0.987. The third-order valence-electron chi connectivity index (χ3n) is 3.25. The van der Waals surface area contributed by atoms with E-state index in [4.69, 9.17) is 0 Å². The number of aromatic nitrogens is 2. The lowest BCUT2D eigenvalue weighted by Crippen LogP contribution is -2.17. The molecule has 0 aliphatic heterocycles. The van der Waals surface area contributed by atoms with E-state index in [9.17, 15) is 0 Å². The van der Waals surface area contributed by atoms with Crippen LogP contribution in [-0.2, 0) is 6.42 Å². The molecule has 0 bridgehead atoms. The molecule has 2 aromatic rings. The van der Waals surface area contributed by atoms with Crippen LogP contribution in [0.1, 0.15) is 23.9 Å². The highest BCUT2D eigenvalue weighted by Gasteiger charge is 2.09. The molecule has 3 heteroatoms. The van der Waals surface area contributed by atoms with Crippen molar-refractivity contribution in [2.45, 2.75) is 27.2 Å². The first-order valence-electron chi connectivity index (χ1n) is 6.82. The first kappa shape index (κ1) is 13.7. The van der Waals surface area contributed by atoms with Crippen LogP contribution in [0.3, 0.4) is 0 Å². The minimum Gasteiger partial charge on any atom is -0.317 e. The van der Waals surface area contributed by atoms with Gasteiger partial charge in [0.25, 0.3) is 0 Å². The molecule has 0 spiro atoms. The van der Waals surface area contributed by atoms with E-state index in [0.29, 0.717) is 0 Å². The standard InChI is InChI=1S/C16H21N3/c1-4-17-11-10-15-12(2)18-16(19-13(15)3)14-8-6-5-7-9-14/h5-9,17H,4,10-11H2,1-3H3. The first-order valence-corrected chi connectivity index (χ1v) is 6.82. The normalized spacial score (nSPS) is 10.7. The quantitative estimate of drug-likeness (QED) is 0.835. The number of hydrogen-bond donors (Lipinski definition) is 1. The van der Waals surface area contributed by atoms with E-state index in [-0.39, 0.29) is 0 Å². The van der Waals surface area contributed by atoms with E-state index < -0.39 is 0 Å². The highest BCUT2D eigenvalue weighted by Crippen LogP contribution is 2.18. The second-order valence-corrected chi connectivity index (χ2v) is 4.67. The molecule has 1 N–H and O–H groups in total. The van der Waals surface area contributed by atoms with Crippen molar-refractivity contribution in [3.8, 4) is 11.4 Å². The molecule has 0 atom stereocenters. The summed E-state index contributed by atoms with van der Waals surface area (Å²) in [5.41, 5.74) is 4.51. The van der Waals surface area contributed by atoms with Crippen LogP contribution in [0.4, 0.5) is 0 Å². The Kier molecular flexibility index (Phi) is 4.63. The summed E-state index contributed by atoms with van der Waals surface area (Å²) in [7, 11) is 0. The largest absolute Gasteiger partial charge is 0.317 e. The molecule has 3 nitrogen and oxygen atoms in total. The fourth-order valence-electron chi connectivity index (χ4n) is 2.21. The fourth-order valence-corrected chi connectivity index (χ4v) is 2.21. The minimum atomic E-state index is 0.822. The summed E-state index contributed by atoms with van der Waals surface area (Å²) in [5, 5.41) is 3.34. The lowest BCUT2D eigenvalue weighted by Gasteiger charge is -2.11. The zero-order valence-electron chi connectivity index (χ0n) is 11.9. The van der Waals surface area contributed by atoms with Crippen molar-refractivity contribution >= 4 is 0 Å². The molecule has 0 saturated heterocycles. The van der Waals surface area contributed by atoms with E-state index in [1.807, 2.05) is 30.3 Å². The van der Waals surface area contributed by atoms with Crippen LogP contribution in [0.15, 0.2) is 30.3 Å². The summed E-state index contributed by atoms with van der Waals surface area (Å²) in [4.78, 5) is 9.29. The summed E-state index contributed by atoms with van der Waals surface area (Å²) < 4.78 is 0. The van der Waals surface area contributed by atoms with Crippen molar-refractivity contribution < 1.29 is 0 Å². The molecular weight excluding hydrogens is 234 g/mol. The number of aryl methyl sites for hydroxylation is 2. The monoisotopic (exact) mass is 255 g/mol. The number of hydrogen-bond acceptors (Lipinski definition) is 3. The number of benzene rings is 1. The molecule has 0 amide bonds. The van der Waals surface area contributed by atoms with Gasteiger partial charge in [0, 0.05) is 17.0 Å². The van der Waals surface area contributed by atoms with Crippen LogP contribution < -0.4 is 5.32 Å². The molecule has 0 unspecified atom stereocenters. The van der Waals surface area contributed by atoms with Gasteiger partial charge in [0.05, 0.1) is 0 Å². The Morgan fingerprint density at radius 2 is 1.63 bits per heavy atom. The van der Waals surface area contributed by atoms with Gasteiger partial charge in [-0.05, 0) is 38.9 Å². The number of nitrogens with one attached hydrogen (secondary N) is 1. The number of likely N-dealkylation sites (N-methyl/N-ethyl adjacent to an activating group) is 1. The average Bonchev–Trinajstić information content (AvgIpc) is 2.43. The summed E-state index contributed by atoms with van der Waals surface area (Å²) in [5.74, 6) is 0.822. The molecule has 1 aromatic carbocycles. The maximum absolute atomic E-state index is 4.64. The highest BCUT2D eigenvalue weighted by molar-refractivity contribution is 5.55. The topological polar surface area (TPSA) is 37.8 Å². The van der Waals surface area contributed by atoms with Gasteiger partial charge in [-0.1, -0.05) is 37.3 Å². The van der Waals surface area contributed by atoms with Crippen molar-refractivity contribution in [1.82, 2.24) is 15.3 Å². The lowest BCUT2D eigenvalue weighted by atomic mass is 10.1. The minimum absolute atomic E-state index is 0.822. The molecular formula is C16H21N3. The predicted octanol–water partition coefficient (Wildman–Crippen LogP) is 2.91. The van der Waals surface area contributed by atoms with Crippen molar-refractivity contribution in [3.63, 3.8) is 0 Å².